The summed E-state index contributed by atoms with van der Waals surface area (Å²) in [7, 11) is 0. The molecule has 1 aromatic heterocycles. The van der Waals surface area contributed by atoms with Crippen LogP contribution in [0.5, 0.6) is 0 Å². The lowest BCUT2D eigenvalue weighted by atomic mass is 9.99. The highest BCUT2D eigenvalue weighted by Gasteiger charge is 2.13. The minimum Gasteiger partial charge on any atom is -0.324 e. The topological polar surface area (TPSA) is 42.0 Å². The molecular formula is C21H21ClN2O. The number of fused-ring (bicyclic) bond motifs is 1. The molecule has 1 amide bonds. The molecule has 1 heterocycles. The van der Waals surface area contributed by atoms with E-state index in [1.807, 2.05) is 48.5 Å². The number of pyridine rings is 1. The number of halogens is 1. The summed E-state index contributed by atoms with van der Waals surface area (Å²) >= 11 is 6.21. The molecule has 3 rings (SSSR count). The van der Waals surface area contributed by atoms with Crippen LogP contribution >= 0.6 is 11.6 Å². The maximum atomic E-state index is 12.3. The number of hydrogen-bond donors (Lipinski definition) is 1. The van der Waals surface area contributed by atoms with E-state index in [9.17, 15) is 4.79 Å². The Labute approximate surface area is 153 Å². The largest absolute Gasteiger partial charge is 0.324 e. The lowest BCUT2D eigenvalue weighted by molar-refractivity contribution is -0.116. The first-order valence-electron chi connectivity index (χ1n) is 8.62. The quantitative estimate of drug-likeness (QED) is 0.546. The van der Waals surface area contributed by atoms with E-state index in [4.69, 9.17) is 11.6 Å². The zero-order valence-electron chi connectivity index (χ0n) is 14.3. The van der Waals surface area contributed by atoms with Crippen LogP contribution in [0.4, 0.5) is 5.69 Å². The van der Waals surface area contributed by atoms with Gasteiger partial charge in [-0.2, -0.15) is 0 Å². The van der Waals surface area contributed by atoms with Gasteiger partial charge in [0.25, 0.3) is 0 Å². The molecule has 0 aliphatic carbocycles. The number of aromatic nitrogens is 1. The summed E-state index contributed by atoms with van der Waals surface area (Å²) < 4.78 is 0. The van der Waals surface area contributed by atoms with E-state index in [1.54, 1.807) is 6.20 Å². The molecule has 1 N–H and O–H groups in total. The number of nitrogens with one attached hydrogen (secondary N) is 1. The van der Waals surface area contributed by atoms with Gasteiger partial charge in [-0.1, -0.05) is 61.7 Å². The van der Waals surface area contributed by atoms with Gasteiger partial charge in [-0.15, -0.1) is 0 Å². The predicted octanol–water partition coefficient (Wildman–Crippen LogP) is 6.07. The second-order valence-electron chi connectivity index (χ2n) is 6.08. The lowest BCUT2D eigenvalue weighted by Crippen LogP contribution is -2.12. The van der Waals surface area contributed by atoms with Crippen molar-refractivity contribution < 1.29 is 4.79 Å². The highest BCUT2D eigenvalue weighted by molar-refractivity contribution is 6.31. The lowest BCUT2D eigenvalue weighted by Gasteiger charge is -2.14. The minimum atomic E-state index is 0.0220. The molecule has 128 valence electrons. The molecule has 0 atom stereocenters. The molecule has 0 aliphatic heterocycles. The van der Waals surface area contributed by atoms with Gasteiger partial charge in [-0.05, 0) is 30.2 Å². The number of benzene rings is 2. The zero-order chi connectivity index (χ0) is 17.6. The summed E-state index contributed by atoms with van der Waals surface area (Å²) in [6.45, 7) is 2.13. The first kappa shape index (κ1) is 17.4. The summed E-state index contributed by atoms with van der Waals surface area (Å²) in [6.07, 6.45) is 5.31. The summed E-state index contributed by atoms with van der Waals surface area (Å²) in [6, 6.07) is 15.6. The van der Waals surface area contributed by atoms with Crippen LogP contribution in [0.15, 0.2) is 54.7 Å². The molecule has 0 bridgehead atoms. The van der Waals surface area contributed by atoms with Crippen molar-refractivity contribution in [1.29, 1.82) is 0 Å². The summed E-state index contributed by atoms with van der Waals surface area (Å²) in [5.74, 6) is 0.0220. The van der Waals surface area contributed by atoms with E-state index < -0.39 is 0 Å². The normalized spacial score (nSPS) is 10.8. The third kappa shape index (κ3) is 4.18. The zero-order valence-corrected chi connectivity index (χ0v) is 15.0. The van der Waals surface area contributed by atoms with Gasteiger partial charge in [0.05, 0.1) is 17.4 Å². The maximum Gasteiger partial charge on any atom is 0.224 e. The highest BCUT2D eigenvalue weighted by Crippen LogP contribution is 2.35. The number of anilines is 1. The summed E-state index contributed by atoms with van der Waals surface area (Å²) in [5.41, 5.74) is 3.56. The Morgan fingerprint density at radius 2 is 1.92 bits per heavy atom. The van der Waals surface area contributed by atoms with Crippen LogP contribution in [0, 0.1) is 0 Å². The van der Waals surface area contributed by atoms with Crippen LogP contribution in [0.2, 0.25) is 5.02 Å². The van der Waals surface area contributed by atoms with E-state index in [2.05, 4.69) is 17.2 Å². The Bertz CT molecular complexity index is 878. The fourth-order valence-corrected chi connectivity index (χ4v) is 3.10. The van der Waals surface area contributed by atoms with Crippen LogP contribution in [0.3, 0.4) is 0 Å². The number of rotatable bonds is 6. The summed E-state index contributed by atoms with van der Waals surface area (Å²) in [5, 5.41) is 4.62. The molecule has 0 fully saturated rings. The molecular weight excluding hydrogens is 332 g/mol. The second-order valence-corrected chi connectivity index (χ2v) is 6.52. The Kier molecular flexibility index (Phi) is 5.67. The van der Waals surface area contributed by atoms with Gasteiger partial charge in [-0.3, -0.25) is 9.78 Å². The Hall–Kier alpha value is -2.39. The van der Waals surface area contributed by atoms with Crippen molar-refractivity contribution >= 4 is 34.1 Å². The van der Waals surface area contributed by atoms with E-state index in [-0.39, 0.29) is 5.91 Å². The van der Waals surface area contributed by atoms with Crippen LogP contribution in [-0.4, -0.2) is 10.9 Å². The van der Waals surface area contributed by atoms with Crippen molar-refractivity contribution in [2.75, 3.05) is 5.32 Å². The first-order chi connectivity index (χ1) is 12.2. The average molecular weight is 353 g/mol. The van der Waals surface area contributed by atoms with Gasteiger partial charge in [0, 0.05) is 22.4 Å². The number of unbranched alkanes of at least 4 members (excludes halogenated alkanes) is 2. The van der Waals surface area contributed by atoms with E-state index in [1.165, 1.54) is 0 Å². The van der Waals surface area contributed by atoms with Gasteiger partial charge < -0.3 is 5.32 Å². The minimum absolute atomic E-state index is 0.0220. The van der Waals surface area contributed by atoms with Gasteiger partial charge in [0.1, 0.15) is 0 Å². The monoisotopic (exact) mass is 352 g/mol. The fourth-order valence-electron chi connectivity index (χ4n) is 2.92. The first-order valence-corrected chi connectivity index (χ1v) is 9.00. The molecule has 3 aromatic rings. The Morgan fingerprint density at radius 1 is 1.12 bits per heavy atom. The molecule has 0 saturated carbocycles. The number of hydrogen-bond acceptors (Lipinski definition) is 2. The molecule has 0 unspecified atom stereocenters. The third-order valence-electron chi connectivity index (χ3n) is 4.17. The van der Waals surface area contributed by atoms with Crippen LogP contribution in [0.25, 0.3) is 22.0 Å². The Balaban J connectivity index is 2.04. The van der Waals surface area contributed by atoms with Crippen LogP contribution in [0.1, 0.15) is 32.6 Å². The number of nitrogens with zero attached hydrogens (tertiary/aromatic N) is 1. The number of amides is 1. The van der Waals surface area contributed by atoms with Gasteiger partial charge in [0.2, 0.25) is 5.91 Å². The molecule has 25 heavy (non-hydrogen) atoms. The molecule has 3 nitrogen and oxygen atoms in total. The number of carbonyl (C=O) groups excluding carboxylic acids is 1. The van der Waals surface area contributed by atoms with Crippen molar-refractivity contribution in [3.05, 3.63) is 59.8 Å². The van der Waals surface area contributed by atoms with E-state index in [0.29, 0.717) is 11.4 Å². The fraction of sp³-hybridized carbons (Fsp3) is 0.238. The van der Waals surface area contributed by atoms with Crippen molar-refractivity contribution in [3.8, 4) is 11.1 Å². The molecule has 2 aromatic carbocycles. The predicted molar refractivity (Wildman–Crippen MR) is 105 cm³/mol. The highest BCUT2D eigenvalue weighted by atomic mass is 35.5. The van der Waals surface area contributed by atoms with Crippen LogP contribution < -0.4 is 5.32 Å². The SMILES string of the molecule is CCCCCC(=O)Nc1cnc2ccc(Cl)cc2c1-c1ccccc1. The van der Waals surface area contributed by atoms with Crippen molar-refractivity contribution in [3.63, 3.8) is 0 Å². The van der Waals surface area contributed by atoms with Gasteiger partial charge >= 0.3 is 0 Å². The van der Waals surface area contributed by atoms with Gasteiger partial charge in [0.15, 0.2) is 0 Å². The molecule has 4 heteroatoms. The number of carbonyl (C=O) groups is 1. The Morgan fingerprint density at radius 3 is 2.68 bits per heavy atom. The van der Waals surface area contributed by atoms with Crippen molar-refractivity contribution in [1.82, 2.24) is 4.98 Å². The smallest absolute Gasteiger partial charge is 0.224 e. The second kappa shape index (κ2) is 8.13. The van der Waals surface area contributed by atoms with Gasteiger partial charge in [-0.25, -0.2) is 0 Å². The standard InChI is InChI=1S/C21H21ClN2O/c1-2-3-5-10-20(25)24-19-14-23-18-12-11-16(22)13-17(18)21(19)15-8-6-4-7-9-15/h4,6-9,11-14H,2-3,5,10H2,1H3,(H,24,25). The summed E-state index contributed by atoms with van der Waals surface area (Å²) in [4.78, 5) is 16.8. The van der Waals surface area contributed by atoms with E-state index >= 15 is 0 Å². The van der Waals surface area contributed by atoms with Crippen molar-refractivity contribution in [2.45, 2.75) is 32.6 Å². The molecule has 0 saturated heterocycles. The average Bonchev–Trinajstić information content (AvgIpc) is 2.62. The molecule has 0 radical (unpaired) electrons. The maximum absolute atomic E-state index is 12.3. The molecule has 0 spiro atoms. The van der Waals surface area contributed by atoms with E-state index in [0.717, 1.165) is 47.0 Å². The third-order valence-corrected chi connectivity index (χ3v) is 4.41. The van der Waals surface area contributed by atoms with Crippen LogP contribution in [-0.2, 0) is 4.79 Å². The molecule has 0 aliphatic rings. The van der Waals surface area contributed by atoms with Crippen molar-refractivity contribution in [2.24, 2.45) is 0 Å².